The summed E-state index contributed by atoms with van der Waals surface area (Å²) in [6.45, 7) is 6.57. The Hall–Kier alpha value is -1.46. The van der Waals surface area contributed by atoms with Crippen molar-refractivity contribution in [3.05, 3.63) is 18.2 Å². The van der Waals surface area contributed by atoms with Gasteiger partial charge in [0.1, 0.15) is 0 Å². The van der Waals surface area contributed by atoms with E-state index >= 15 is 0 Å². The predicted octanol–water partition coefficient (Wildman–Crippen LogP) is 1.64. The standard InChI is InChI=1S/C14H21NO4/c1-3-15(8-12(16)9-17-4-2)11-5-6-13-14(7-11)19-10-18-13/h5-7,12,16H,3-4,8-10H2,1-2H3. The summed E-state index contributed by atoms with van der Waals surface area (Å²) in [6, 6.07) is 5.82. The van der Waals surface area contributed by atoms with E-state index < -0.39 is 6.10 Å². The number of likely N-dealkylation sites (N-methyl/N-ethyl adjacent to an activating group) is 1. The fourth-order valence-corrected chi connectivity index (χ4v) is 2.06. The highest BCUT2D eigenvalue weighted by molar-refractivity contribution is 5.57. The van der Waals surface area contributed by atoms with Crippen molar-refractivity contribution in [2.24, 2.45) is 0 Å². The van der Waals surface area contributed by atoms with Crippen molar-refractivity contribution in [1.29, 1.82) is 0 Å². The number of ether oxygens (including phenoxy) is 3. The zero-order chi connectivity index (χ0) is 13.7. The van der Waals surface area contributed by atoms with E-state index in [-0.39, 0.29) is 6.79 Å². The van der Waals surface area contributed by atoms with Crippen LogP contribution in [0.2, 0.25) is 0 Å². The Balaban J connectivity index is 2.00. The van der Waals surface area contributed by atoms with E-state index in [0.29, 0.717) is 19.8 Å². The van der Waals surface area contributed by atoms with Crippen molar-refractivity contribution in [2.75, 3.05) is 38.0 Å². The van der Waals surface area contributed by atoms with Gasteiger partial charge in [-0.25, -0.2) is 0 Å². The molecule has 1 aliphatic rings. The lowest BCUT2D eigenvalue weighted by Crippen LogP contribution is -2.34. The lowest BCUT2D eigenvalue weighted by molar-refractivity contribution is 0.0464. The van der Waals surface area contributed by atoms with E-state index in [9.17, 15) is 5.11 Å². The zero-order valence-electron chi connectivity index (χ0n) is 11.5. The molecule has 1 aliphatic heterocycles. The molecule has 5 heteroatoms. The fraction of sp³-hybridized carbons (Fsp3) is 0.571. The summed E-state index contributed by atoms with van der Waals surface area (Å²) in [6.07, 6.45) is -0.495. The maximum Gasteiger partial charge on any atom is 0.231 e. The van der Waals surface area contributed by atoms with E-state index in [1.165, 1.54) is 0 Å². The molecule has 0 amide bonds. The number of anilines is 1. The third-order valence-corrected chi connectivity index (χ3v) is 3.05. The van der Waals surface area contributed by atoms with E-state index in [0.717, 1.165) is 23.7 Å². The lowest BCUT2D eigenvalue weighted by Gasteiger charge is -2.26. The molecule has 1 unspecified atom stereocenters. The zero-order valence-corrected chi connectivity index (χ0v) is 11.5. The molecule has 1 N–H and O–H groups in total. The van der Waals surface area contributed by atoms with Crippen LogP contribution < -0.4 is 14.4 Å². The van der Waals surface area contributed by atoms with Gasteiger partial charge in [0.2, 0.25) is 6.79 Å². The summed E-state index contributed by atoms with van der Waals surface area (Å²) < 4.78 is 15.9. The van der Waals surface area contributed by atoms with E-state index in [2.05, 4.69) is 11.8 Å². The molecule has 2 rings (SSSR count). The number of aliphatic hydroxyl groups excluding tert-OH is 1. The Bertz CT molecular complexity index is 410. The summed E-state index contributed by atoms with van der Waals surface area (Å²) in [7, 11) is 0. The molecular weight excluding hydrogens is 246 g/mol. The third kappa shape index (κ3) is 3.52. The number of benzene rings is 1. The van der Waals surface area contributed by atoms with Crippen molar-refractivity contribution in [3.63, 3.8) is 0 Å². The first-order valence-electron chi connectivity index (χ1n) is 6.65. The van der Waals surface area contributed by atoms with Gasteiger partial charge in [0.25, 0.3) is 0 Å². The van der Waals surface area contributed by atoms with Gasteiger partial charge in [0.15, 0.2) is 11.5 Å². The van der Waals surface area contributed by atoms with Gasteiger partial charge >= 0.3 is 0 Å². The average Bonchev–Trinajstić information content (AvgIpc) is 2.89. The molecular formula is C14H21NO4. The number of hydrogen-bond donors (Lipinski definition) is 1. The summed E-state index contributed by atoms with van der Waals surface area (Å²) >= 11 is 0. The van der Waals surface area contributed by atoms with Gasteiger partial charge in [-0.1, -0.05) is 0 Å². The molecule has 0 radical (unpaired) electrons. The van der Waals surface area contributed by atoms with Gasteiger partial charge in [0, 0.05) is 31.5 Å². The summed E-state index contributed by atoms with van der Waals surface area (Å²) in [5.41, 5.74) is 1.02. The van der Waals surface area contributed by atoms with Gasteiger partial charge in [-0.05, 0) is 26.0 Å². The van der Waals surface area contributed by atoms with Crippen LogP contribution in [0.25, 0.3) is 0 Å². The van der Waals surface area contributed by atoms with Crippen molar-refractivity contribution >= 4 is 5.69 Å². The van der Waals surface area contributed by atoms with Crippen molar-refractivity contribution < 1.29 is 19.3 Å². The molecule has 0 saturated carbocycles. The number of nitrogens with zero attached hydrogens (tertiary/aromatic N) is 1. The molecule has 1 heterocycles. The summed E-state index contributed by atoms with van der Waals surface area (Å²) in [4.78, 5) is 2.09. The molecule has 0 bridgehead atoms. The highest BCUT2D eigenvalue weighted by Gasteiger charge is 2.17. The minimum absolute atomic E-state index is 0.276. The maximum absolute atomic E-state index is 9.91. The van der Waals surface area contributed by atoms with Crippen molar-refractivity contribution in [1.82, 2.24) is 0 Å². The fourth-order valence-electron chi connectivity index (χ4n) is 2.06. The molecule has 0 aliphatic carbocycles. The summed E-state index contributed by atoms with van der Waals surface area (Å²) in [5, 5.41) is 9.91. The monoisotopic (exact) mass is 267 g/mol. The minimum atomic E-state index is -0.495. The van der Waals surface area contributed by atoms with Crippen LogP contribution in [0, 0.1) is 0 Å². The van der Waals surface area contributed by atoms with Crippen molar-refractivity contribution in [3.8, 4) is 11.5 Å². The van der Waals surface area contributed by atoms with Crippen LogP contribution in [0.3, 0.4) is 0 Å². The quantitative estimate of drug-likeness (QED) is 0.814. The van der Waals surface area contributed by atoms with Gasteiger partial charge in [0.05, 0.1) is 12.7 Å². The maximum atomic E-state index is 9.91. The first kappa shape index (κ1) is 14.0. The van der Waals surface area contributed by atoms with Crippen LogP contribution >= 0.6 is 0 Å². The Labute approximate surface area is 113 Å². The number of fused-ring (bicyclic) bond motifs is 1. The highest BCUT2D eigenvalue weighted by atomic mass is 16.7. The largest absolute Gasteiger partial charge is 0.454 e. The Kier molecular flexibility index (Phi) is 4.87. The molecule has 0 aromatic heterocycles. The molecule has 5 nitrogen and oxygen atoms in total. The predicted molar refractivity (Wildman–Crippen MR) is 73.0 cm³/mol. The minimum Gasteiger partial charge on any atom is -0.454 e. The van der Waals surface area contributed by atoms with Crippen LogP contribution in [0.5, 0.6) is 11.5 Å². The Morgan fingerprint density at radius 1 is 1.32 bits per heavy atom. The molecule has 1 aromatic rings. The molecule has 0 saturated heterocycles. The van der Waals surface area contributed by atoms with Gasteiger partial charge in [-0.2, -0.15) is 0 Å². The van der Waals surface area contributed by atoms with Crippen LogP contribution in [-0.4, -0.2) is 44.3 Å². The van der Waals surface area contributed by atoms with Crippen LogP contribution in [-0.2, 0) is 4.74 Å². The highest BCUT2D eigenvalue weighted by Crippen LogP contribution is 2.35. The van der Waals surface area contributed by atoms with Crippen LogP contribution in [0.15, 0.2) is 18.2 Å². The molecule has 0 spiro atoms. The first-order chi connectivity index (χ1) is 9.24. The lowest BCUT2D eigenvalue weighted by atomic mass is 10.2. The van der Waals surface area contributed by atoms with E-state index in [1.807, 2.05) is 25.1 Å². The van der Waals surface area contributed by atoms with Gasteiger partial charge in [-0.15, -0.1) is 0 Å². The van der Waals surface area contributed by atoms with E-state index in [1.54, 1.807) is 0 Å². The second kappa shape index (κ2) is 6.63. The van der Waals surface area contributed by atoms with E-state index in [4.69, 9.17) is 14.2 Å². The molecule has 106 valence electrons. The number of aliphatic hydroxyl groups is 1. The third-order valence-electron chi connectivity index (χ3n) is 3.05. The molecule has 19 heavy (non-hydrogen) atoms. The first-order valence-corrected chi connectivity index (χ1v) is 6.65. The van der Waals surface area contributed by atoms with Crippen LogP contribution in [0.1, 0.15) is 13.8 Å². The number of hydrogen-bond acceptors (Lipinski definition) is 5. The topological polar surface area (TPSA) is 51.2 Å². The molecule has 1 atom stereocenters. The van der Waals surface area contributed by atoms with Crippen molar-refractivity contribution in [2.45, 2.75) is 20.0 Å². The second-order valence-corrected chi connectivity index (χ2v) is 4.39. The smallest absolute Gasteiger partial charge is 0.231 e. The second-order valence-electron chi connectivity index (χ2n) is 4.39. The summed E-state index contributed by atoms with van der Waals surface area (Å²) in [5.74, 6) is 1.53. The Morgan fingerprint density at radius 2 is 2.11 bits per heavy atom. The Morgan fingerprint density at radius 3 is 2.84 bits per heavy atom. The average molecular weight is 267 g/mol. The molecule has 0 fully saturated rings. The molecule has 1 aromatic carbocycles. The van der Waals surface area contributed by atoms with Gasteiger partial charge < -0.3 is 24.2 Å². The van der Waals surface area contributed by atoms with Crippen LogP contribution in [0.4, 0.5) is 5.69 Å². The normalized spacial score (nSPS) is 14.5. The number of rotatable bonds is 7. The SMILES string of the molecule is CCOCC(O)CN(CC)c1ccc2c(c1)OCO2. The van der Waals surface area contributed by atoms with Gasteiger partial charge in [-0.3, -0.25) is 0 Å².